The van der Waals surface area contributed by atoms with Crippen LogP contribution in [0.2, 0.25) is 0 Å². The van der Waals surface area contributed by atoms with Crippen molar-refractivity contribution in [3.05, 3.63) is 0 Å². The third-order valence-electron chi connectivity index (χ3n) is 5.97. The van der Waals surface area contributed by atoms with E-state index in [0.717, 1.165) is 24.7 Å². The Morgan fingerprint density at radius 1 is 0.636 bits per heavy atom. The van der Waals surface area contributed by atoms with Gasteiger partial charge in [0.1, 0.15) is 0 Å². The van der Waals surface area contributed by atoms with Crippen molar-refractivity contribution in [2.45, 2.75) is 92.3 Å². The summed E-state index contributed by atoms with van der Waals surface area (Å²) >= 11 is 0. The van der Waals surface area contributed by atoms with Crippen molar-refractivity contribution < 1.29 is 10.2 Å². The lowest BCUT2D eigenvalue weighted by atomic mass is 9.75. The van der Waals surface area contributed by atoms with Crippen LogP contribution in [-0.2, 0) is 0 Å². The van der Waals surface area contributed by atoms with Gasteiger partial charge in [0.2, 0.25) is 0 Å². The molecule has 2 aliphatic carbocycles. The second kappa shape index (κ2) is 9.27. The maximum absolute atomic E-state index is 9.71. The van der Waals surface area contributed by atoms with Crippen molar-refractivity contribution in [3.63, 3.8) is 0 Å². The molecular weight excluding hydrogens is 272 g/mol. The molecular formula is C20H40O2. The minimum Gasteiger partial charge on any atom is -0.393 e. The molecule has 2 heteroatoms. The van der Waals surface area contributed by atoms with E-state index in [4.69, 9.17) is 0 Å². The molecule has 0 aliphatic heterocycles. The summed E-state index contributed by atoms with van der Waals surface area (Å²) < 4.78 is 0. The van der Waals surface area contributed by atoms with Gasteiger partial charge in [0.15, 0.2) is 0 Å². The van der Waals surface area contributed by atoms with Gasteiger partial charge < -0.3 is 10.2 Å². The molecule has 0 amide bonds. The van der Waals surface area contributed by atoms with Crippen LogP contribution in [0.4, 0.5) is 0 Å². The summed E-state index contributed by atoms with van der Waals surface area (Å²) in [6.07, 6.45) is 7.03. The lowest BCUT2D eigenvalue weighted by molar-refractivity contribution is 0.0263. The molecule has 0 spiro atoms. The first-order valence-corrected chi connectivity index (χ1v) is 9.58. The fourth-order valence-corrected chi connectivity index (χ4v) is 4.30. The summed E-state index contributed by atoms with van der Waals surface area (Å²) in [5.74, 6) is 3.90. The average Bonchev–Trinajstić information content (AvgIpc) is 2.38. The van der Waals surface area contributed by atoms with Gasteiger partial charge in [-0.15, -0.1) is 0 Å². The number of hydrogen-bond donors (Lipinski definition) is 2. The summed E-state index contributed by atoms with van der Waals surface area (Å²) in [5, 5.41) is 19.4. The van der Waals surface area contributed by atoms with E-state index < -0.39 is 0 Å². The second-order valence-electron chi connectivity index (χ2n) is 8.79. The van der Waals surface area contributed by atoms with Crippen molar-refractivity contribution in [1.29, 1.82) is 0 Å². The molecule has 0 aromatic heterocycles. The Hall–Kier alpha value is -0.0800. The van der Waals surface area contributed by atoms with Crippen LogP contribution in [0.25, 0.3) is 0 Å². The van der Waals surface area contributed by atoms with Crippen molar-refractivity contribution in [2.24, 2.45) is 35.5 Å². The smallest absolute Gasteiger partial charge is 0.0573 e. The average molecular weight is 313 g/mol. The molecule has 2 fully saturated rings. The van der Waals surface area contributed by atoms with Crippen LogP contribution in [0, 0.1) is 35.5 Å². The molecule has 2 rings (SSSR count). The third-order valence-corrected chi connectivity index (χ3v) is 5.97. The van der Waals surface area contributed by atoms with Gasteiger partial charge in [0, 0.05) is 0 Å². The quantitative estimate of drug-likeness (QED) is 0.763. The number of aliphatic hydroxyl groups is 2. The molecule has 22 heavy (non-hydrogen) atoms. The molecule has 0 unspecified atom stereocenters. The molecule has 2 saturated carbocycles. The summed E-state index contributed by atoms with van der Waals surface area (Å²) in [5.41, 5.74) is 0. The van der Waals surface area contributed by atoms with Gasteiger partial charge in [-0.1, -0.05) is 54.4 Å². The summed E-state index contributed by atoms with van der Waals surface area (Å²) in [7, 11) is 0. The Balaban J connectivity index is 0.000000220. The van der Waals surface area contributed by atoms with Crippen LogP contribution in [0.5, 0.6) is 0 Å². The number of aliphatic hydroxyl groups excluding tert-OH is 2. The molecule has 0 aromatic carbocycles. The molecule has 0 radical (unpaired) electrons. The largest absolute Gasteiger partial charge is 0.393 e. The van der Waals surface area contributed by atoms with Crippen molar-refractivity contribution in [1.82, 2.24) is 0 Å². The van der Waals surface area contributed by atoms with Gasteiger partial charge >= 0.3 is 0 Å². The maximum Gasteiger partial charge on any atom is 0.0573 e. The SMILES string of the molecule is CC(C)[C@@H]1CC[C@@H](C)C[C@H]1O.CC(C)[C@H]1CC[C@H](C)C[C@@H]1O. The van der Waals surface area contributed by atoms with Gasteiger partial charge in [-0.05, 0) is 61.2 Å². The zero-order chi connectivity index (χ0) is 16.9. The molecule has 2 N–H and O–H groups in total. The topological polar surface area (TPSA) is 40.5 Å². The highest BCUT2D eigenvalue weighted by Gasteiger charge is 2.29. The maximum atomic E-state index is 9.71. The lowest BCUT2D eigenvalue weighted by Gasteiger charge is -2.33. The van der Waals surface area contributed by atoms with E-state index in [9.17, 15) is 10.2 Å². The van der Waals surface area contributed by atoms with Crippen LogP contribution in [-0.4, -0.2) is 22.4 Å². The van der Waals surface area contributed by atoms with Crippen LogP contribution >= 0.6 is 0 Å². The number of rotatable bonds is 2. The molecule has 2 aliphatic rings. The second-order valence-corrected chi connectivity index (χ2v) is 8.79. The summed E-state index contributed by atoms with van der Waals surface area (Å²) in [6.45, 7) is 13.3. The highest BCUT2D eigenvalue weighted by Crippen LogP contribution is 2.33. The van der Waals surface area contributed by atoms with Crippen molar-refractivity contribution >= 4 is 0 Å². The third kappa shape index (κ3) is 6.20. The zero-order valence-electron chi connectivity index (χ0n) is 15.8. The summed E-state index contributed by atoms with van der Waals surface area (Å²) in [4.78, 5) is 0. The van der Waals surface area contributed by atoms with Crippen LogP contribution in [0.15, 0.2) is 0 Å². The normalized spacial score (nSPS) is 39.5. The van der Waals surface area contributed by atoms with Crippen LogP contribution < -0.4 is 0 Å². The highest BCUT2D eigenvalue weighted by atomic mass is 16.3. The van der Waals surface area contributed by atoms with E-state index in [1.165, 1.54) is 25.7 Å². The Morgan fingerprint density at radius 3 is 1.18 bits per heavy atom. The Morgan fingerprint density at radius 2 is 0.955 bits per heavy atom. The molecule has 0 saturated heterocycles. The molecule has 2 nitrogen and oxygen atoms in total. The predicted molar refractivity (Wildman–Crippen MR) is 94.7 cm³/mol. The first-order valence-electron chi connectivity index (χ1n) is 9.58. The summed E-state index contributed by atoms with van der Waals surface area (Å²) in [6, 6.07) is 0. The number of hydrogen-bond acceptors (Lipinski definition) is 2. The van der Waals surface area contributed by atoms with Crippen molar-refractivity contribution in [2.75, 3.05) is 0 Å². The minimum absolute atomic E-state index is 0.0289. The Kier molecular flexibility index (Phi) is 8.42. The Labute approximate surface area is 138 Å². The fraction of sp³-hybridized carbons (Fsp3) is 1.00. The van der Waals surface area contributed by atoms with Gasteiger partial charge in [-0.2, -0.15) is 0 Å². The van der Waals surface area contributed by atoms with E-state index >= 15 is 0 Å². The Bertz CT molecular complexity index is 270. The molecule has 6 atom stereocenters. The predicted octanol–water partition coefficient (Wildman–Crippen LogP) is 4.88. The lowest BCUT2D eigenvalue weighted by Crippen LogP contribution is -2.31. The van der Waals surface area contributed by atoms with E-state index in [-0.39, 0.29) is 12.2 Å². The van der Waals surface area contributed by atoms with Gasteiger partial charge in [0.25, 0.3) is 0 Å². The van der Waals surface area contributed by atoms with E-state index in [1.807, 2.05) is 0 Å². The zero-order valence-corrected chi connectivity index (χ0v) is 15.8. The van der Waals surface area contributed by atoms with Gasteiger partial charge in [-0.3, -0.25) is 0 Å². The van der Waals surface area contributed by atoms with Gasteiger partial charge in [-0.25, -0.2) is 0 Å². The fourth-order valence-electron chi connectivity index (χ4n) is 4.30. The van der Waals surface area contributed by atoms with Gasteiger partial charge in [0.05, 0.1) is 12.2 Å². The monoisotopic (exact) mass is 312 g/mol. The first kappa shape index (κ1) is 20.0. The molecule has 0 heterocycles. The standard InChI is InChI=1S/2C10H20O/c2*1-7(2)9-5-4-8(3)6-10(9)11/h2*7-11H,4-6H2,1-3H3/t2*8-,9+,10-/m10/s1. The molecule has 0 bridgehead atoms. The van der Waals surface area contributed by atoms with E-state index in [1.54, 1.807) is 0 Å². The van der Waals surface area contributed by atoms with E-state index in [0.29, 0.717) is 23.7 Å². The van der Waals surface area contributed by atoms with E-state index in [2.05, 4.69) is 41.5 Å². The highest BCUT2D eigenvalue weighted by molar-refractivity contribution is 4.80. The van der Waals surface area contributed by atoms with Crippen LogP contribution in [0.1, 0.15) is 80.1 Å². The molecule has 0 aromatic rings. The minimum atomic E-state index is -0.0289. The van der Waals surface area contributed by atoms with Crippen molar-refractivity contribution in [3.8, 4) is 0 Å². The first-order chi connectivity index (χ1) is 10.2. The molecule has 132 valence electrons. The van der Waals surface area contributed by atoms with Crippen LogP contribution in [0.3, 0.4) is 0 Å².